The molecule has 0 bridgehead atoms. The first kappa shape index (κ1) is 23.3. The Bertz CT molecular complexity index is 994. The quantitative estimate of drug-likeness (QED) is 0.675. The van der Waals surface area contributed by atoms with Crippen LogP contribution >= 0.6 is 0 Å². The molecule has 2 aromatic carbocycles. The second-order valence-electron chi connectivity index (χ2n) is 9.09. The van der Waals surface area contributed by atoms with Gasteiger partial charge in [0.25, 0.3) is 0 Å². The molecule has 0 amide bonds. The minimum atomic E-state index is -3.47. The molecule has 1 aliphatic rings. The van der Waals surface area contributed by atoms with Gasteiger partial charge < -0.3 is 15.0 Å². The number of nitrogens with zero attached hydrogens (tertiary/aromatic N) is 1. The summed E-state index contributed by atoms with van der Waals surface area (Å²) in [5.74, 6) is -0.307. The summed E-state index contributed by atoms with van der Waals surface area (Å²) in [5, 5.41) is 3.11. The zero-order chi connectivity index (χ0) is 22.8. The van der Waals surface area contributed by atoms with Crippen LogP contribution in [0.5, 0.6) is 0 Å². The third kappa shape index (κ3) is 5.89. The van der Waals surface area contributed by atoms with Crippen LogP contribution in [0.15, 0.2) is 42.5 Å². The molecule has 0 aromatic heterocycles. The van der Waals surface area contributed by atoms with Gasteiger partial charge in [-0.05, 0) is 70.5 Å². The van der Waals surface area contributed by atoms with E-state index in [0.29, 0.717) is 17.9 Å². The lowest BCUT2D eigenvalue weighted by molar-refractivity contribution is -0.00523. The van der Waals surface area contributed by atoms with Crippen LogP contribution in [0.1, 0.15) is 40.2 Å². The van der Waals surface area contributed by atoms with Crippen molar-refractivity contribution in [1.82, 2.24) is 0 Å². The standard InChI is InChI=1S/C23H32FN3O3S/c1-16-14-27(15-17(2)30-16)20-10-11-22(21(24)12-20)25-13-18-6-8-19(9-7-18)26-31(28,29)23(3,4)5/h6-12,16-17,25-26H,13-15H2,1-5H3. The molecular formula is C23H32FN3O3S. The van der Waals surface area contributed by atoms with Crippen molar-refractivity contribution in [2.24, 2.45) is 0 Å². The summed E-state index contributed by atoms with van der Waals surface area (Å²) >= 11 is 0. The summed E-state index contributed by atoms with van der Waals surface area (Å²) in [5.41, 5.74) is 2.69. The molecule has 8 heteroatoms. The Kier molecular flexibility index (Phi) is 6.81. The van der Waals surface area contributed by atoms with Gasteiger partial charge in [0.05, 0.1) is 22.6 Å². The number of sulfonamides is 1. The Morgan fingerprint density at radius 1 is 1.06 bits per heavy atom. The highest BCUT2D eigenvalue weighted by atomic mass is 32.2. The van der Waals surface area contributed by atoms with Gasteiger partial charge in [0.2, 0.25) is 10.0 Å². The van der Waals surface area contributed by atoms with Crippen molar-refractivity contribution < 1.29 is 17.5 Å². The van der Waals surface area contributed by atoms with Crippen molar-refractivity contribution in [1.29, 1.82) is 0 Å². The summed E-state index contributed by atoms with van der Waals surface area (Å²) in [6.07, 6.45) is 0.223. The Morgan fingerprint density at radius 3 is 2.23 bits per heavy atom. The van der Waals surface area contributed by atoms with E-state index in [-0.39, 0.29) is 18.0 Å². The predicted octanol–water partition coefficient (Wildman–Crippen LogP) is 4.59. The number of anilines is 3. The van der Waals surface area contributed by atoms with E-state index in [1.807, 2.05) is 32.0 Å². The zero-order valence-corrected chi connectivity index (χ0v) is 19.6. The summed E-state index contributed by atoms with van der Waals surface area (Å²) < 4.78 is 46.6. The van der Waals surface area contributed by atoms with Crippen LogP contribution in [0.3, 0.4) is 0 Å². The van der Waals surface area contributed by atoms with Crippen molar-refractivity contribution in [3.63, 3.8) is 0 Å². The molecule has 1 saturated heterocycles. The minimum Gasteiger partial charge on any atom is -0.379 e. The summed E-state index contributed by atoms with van der Waals surface area (Å²) in [4.78, 5) is 2.14. The van der Waals surface area contributed by atoms with Gasteiger partial charge in [-0.25, -0.2) is 12.8 Å². The number of morpholine rings is 1. The fourth-order valence-electron chi connectivity index (χ4n) is 3.43. The number of hydrogen-bond acceptors (Lipinski definition) is 5. The van der Waals surface area contributed by atoms with Crippen molar-refractivity contribution in [2.75, 3.05) is 28.0 Å². The molecule has 6 nitrogen and oxygen atoms in total. The fraction of sp³-hybridized carbons (Fsp3) is 0.478. The highest BCUT2D eigenvalue weighted by Crippen LogP contribution is 2.26. The number of nitrogens with one attached hydrogen (secondary N) is 2. The van der Waals surface area contributed by atoms with E-state index in [1.54, 1.807) is 45.0 Å². The number of hydrogen-bond donors (Lipinski definition) is 2. The van der Waals surface area contributed by atoms with Crippen LogP contribution in [0.25, 0.3) is 0 Å². The predicted molar refractivity (Wildman–Crippen MR) is 125 cm³/mol. The van der Waals surface area contributed by atoms with Crippen molar-refractivity contribution >= 4 is 27.1 Å². The maximum atomic E-state index is 14.7. The summed E-state index contributed by atoms with van der Waals surface area (Å²) in [6, 6.07) is 12.3. The normalized spacial score (nSPS) is 19.9. The number of halogens is 1. The molecule has 3 rings (SSSR count). The molecule has 0 radical (unpaired) electrons. The Labute approximate surface area is 184 Å². The van der Waals surface area contributed by atoms with Crippen molar-refractivity contribution in [3.8, 4) is 0 Å². The van der Waals surface area contributed by atoms with Gasteiger partial charge in [0, 0.05) is 31.0 Å². The van der Waals surface area contributed by atoms with Crippen LogP contribution in [0.2, 0.25) is 0 Å². The van der Waals surface area contributed by atoms with Crippen molar-refractivity contribution in [2.45, 2.75) is 58.1 Å². The second kappa shape index (κ2) is 9.04. The van der Waals surface area contributed by atoms with Crippen LogP contribution in [0.4, 0.5) is 21.5 Å². The average Bonchev–Trinajstić information content (AvgIpc) is 2.66. The molecule has 1 fully saturated rings. The molecule has 2 N–H and O–H groups in total. The molecule has 31 heavy (non-hydrogen) atoms. The first-order chi connectivity index (χ1) is 14.4. The molecule has 170 valence electrons. The van der Waals surface area contributed by atoms with Gasteiger partial charge in [-0.15, -0.1) is 0 Å². The highest BCUT2D eigenvalue weighted by molar-refractivity contribution is 7.94. The Morgan fingerprint density at radius 2 is 1.68 bits per heavy atom. The molecule has 2 atom stereocenters. The molecule has 0 saturated carbocycles. The minimum absolute atomic E-state index is 0.112. The number of ether oxygens (including phenoxy) is 1. The summed E-state index contributed by atoms with van der Waals surface area (Å²) in [7, 11) is -3.47. The lowest BCUT2D eigenvalue weighted by Gasteiger charge is -2.37. The topological polar surface area (TPSA) is 70.7 Å². The SMILES string of the molecule is CC1CN(c2ccc(NCc3ccc(NS(=O)(=O)C(C)(C)C)cc3)c(F)c2)CC(C)O1. The molecule has 1 heterocycles. The van der Waals surface area contributed by atoms with Gasteiger partial charge in [0.1, 0.15) is 5.82 Å². The maximum Gasteiger partial charge on any atom is 0.237 e. The van der Waals surface area contributed by atoms with Crippen LogP contribution in [0, 0.1) is 5.82 Å². The second-order valence-corrected chi connectivity index (χ2v) is 11.5. The summed E-state index contributed by atoms with van der Waals surface area (Å²) in [6.45, 7) is 10.9. The zero-order valence-electron chi connectivity index (χ0n) is 18.8. The lowest BCUT2D eigenvalue weighted by Crippen LogP contribution is -2.45. The van der Waals surface area contributed by atoms with Crippen LogP contribution < -0.4 is 14.9 Å². The Hall–Kier alpha value is -2.32. The third-order valence-electron chi connectivity index (χ3n) is 5.23. The smallest absolute Gasteiger partial charge is 0.237 e. The third-order valence-corrected chi connectivity index (χ3v) is 7.35. The van der Waals surface area contributed by atoms with E-state index >= 15 is 0 Å². The van der Waals surface area contributed by atoms with Gasteiger partial charge in [-0.3, -0.25) is 4.72 Å². The first-order valence-electron chi connectivity index (χ1n) is 10.5. The van der Waals surface area contributed by atoms with Gasteiger partial charge in [-0.2, -0.15) is 0 Å². The highest BCUT2D eigenvalue weighted by Gasteiger charge is 2.28. The molecule has 0 aliphatic carbocycles. The average molecular weight is 450 g/mol. The molecule has 2 aromatic rings. The van der Waals surface area contributed by atoms with Gasteiger partial charge in [0.15, 0.2) is 0 Å². The van der Waals surface area contributed by atoms with Gasteiger partial charge in [-0.1, -0.05) is 12.1 Å². The molecule has 2 unspecified atom stereocenters. The van der Waals surface area contributed by atoms with Gasteiger partial charge >= 0.3 is 0 Å². The molecular weight excluding hydrogens is 417 g/mol. The fourth-order valence-corrected chi connectivity index (χ4v) is 4.18. The lowest BCUT2D eigenvalue weighted by atomic mass is 10.1. The van der Waals surface area contributed by atoms with E-state index in [2.05, 4.69) is 14.9 Å². The maximum absolute atomic E-state index is 14.7. The molecule has 1 aliphatic heterocycles. The van der Waals surface area contributed by atoms with E-state index in [0.717, 1.165) is 24.3 Å². The van der Waals surface area contributed by atoms with E-state index in [1.165, 1.54) is 0 Å². The number of benzene rings is 2. The molecule has 0 spiro atoms. The van der Waals surface area contributed by atoms with Crippen molar-refractivity contribution in [3.05, 3.63) is 53.8 Å². The van der Waals surface area contributed by atoms with Crippen LogP contribution in [-0.4, -0.2) is 38.5 Å². The monoisotopic (exact) mass is 449 g/mol. The van der Waals surface area contributed by atoms with E-state index in [4.69, 9.17) is 4.74 Å². The van der Waals surface area contributed by atoms with E-state index < -0.39 is 14.8 Å². The van der Waals surface area contributed by atoms with Crippen LogP contribution in [-0.2, 0) is 21.3 Å². The first-order valence-corrected chi connectivity index (χ1v) is 12.0. The largest absolute Gasteiger partial charge is 0.379 e. The Balaban J connectivity index is 1.61. The van der Waals surface area contributed by atoms with E-state index in [9.17, 15) is 12.8 Å². The number of rotatable bonds is 6.